The van der Waals surface area contributed by atoms with Gasteiger partial charge >= 0.3 is 0 Å². The third-order valence-electron chi connectivity index (χ3n) is 4.59. The molecule has 1 aliphatic rings. The fourth-order valence-electron chi connectivity index (χ4n) is 3.42. The standard InChI is InChI=1S/C20H22BrN5O2S/c1-13-8-25(9-14(2)28-13)11-17-12-29-20(23-17)24-19(27)15-7-22-26(10-15)18-5-3-16(21)4-6-18/h3-7,10,12-14H,8-9,11H2,1-2H3,(H,23,24,27). The normalized spacial score (nSPS) is 20.0. The van der Waals surface area contributed by atoms with Crippen molar-refractivity contribution in [2.45, 2.75) is 32.6 Å². The first-order chi connectivity index (χ1) is 14.0. The molecule has 152 valence electrons. The van der Waals surface area contributed by atoms with Gasteiger partial charge in [0.15, 0.2) is 5.13 Å². The van der Waals surface area contributed by atoms with Gasteiger partial charge in [0, 0.05) is 35.7 Å². The molecule has 0 saturated carbocycles. The van der Waals surface area contributed by atoms with Crippen LogP contribution in [0.4, 0.5) is 5.13 Å². The van der Waals surface area contributed by atoms with Gasteiger partial charge < -0.3 is 4.74 Å². The largest absolute Gasteiger partial charge is 0.373 e. The van der Waals surface area contributed by atoms with Crippen LogP contribution in [0.25, 0.3) is 5.69 Å². The Balaban J connectivity index is 1.37. The summed E-state index contributed by atoms with van der Waals surface area (Å²) in [6.07, 6.45) is 3.71. The number of aromatic nitrogens is 3. The summed E-state index contributed by atoms with van der Waals surface area (Å²) in [5.74, 6) is -0.220. The molecule has 2 unspecified atom stereocenters. The molecular weight excluding hydrogens is 454 g/mol. The van der Waals surface area contributed by atoms with E-state index in [1.54, 1.807) is 17.1 Å². The molecule has 2 atom stereocenters. The minimum Gasteiger partial charge on any atom is -0.373 e. The Kier molecular flexibility index (Phi) is 6.09. The summed E-state index contributed by atoms with van der Waals surface area (Å²) >= 11 is 4.85. The van der Waals surface area contributed by atoms with Crippen LogP contribution < -0.4 is 5.32 Å². The van der Waals surface area contributed by atoms with E-state index < -0.39 is 0 Å². The second kappa shape index (κ2) is 8.74. The maximum Gasteiger partial charge on any atom is 0.260 e. The number of nitrogens with zero attached hydrogens (tertiary/aromatic N) is 4. The highest BCUT2D eigenvalue weighted by Crippen LogP contribution is 2.20. The minimum atomic E-state index is -0.220. The number of carbonyl (C=O) groups excluding carboxylic acids is 1. The summed E-state index contributed by atoms with van der Waals surface area (Å²) in [5, 5.41) is 9.74. The van der Waals surface area contributed by atoms with Crippen LogP contribution >= 0.6 is 27.3 Å². The molecule has 1 amide bonds. The zero-order chi connectivity index (χ0) is 20.4. The van der Waals surface area contributed by atoms with E-state index in [0.717, 1.165) is 35.5 Å². The van der Waals surface area contributed by atoms with Crippen molar-refractivity contribution in [1.82, 2.24) is 19.7 Å². The first-order valence-electron chi connectivity index (χ1n) is 9.40. The van der Waals surface area contributed by atoms with Gasteiger partial charge in [-0.25, -0.2) is 9.67 Å². The van der Waals surface area contributed by atoms with Gasteiger partial charge in [0.05, 0.1) is 35.3 Å². The highest BCUT2D eigenvalue weighted by molar-refractivity contribution is 9.10. The summed E-state index contributed by atoms with van der Waals surface area (Å²) in [5.41, 5.74) is 2.33. The number of nitrogens with one attached hydrogen (secondary N) is 1. The molecule has 1 N–H and O–H groups in total. The van der Waals surface area contributed by atoms with Gasteiger partial charge in [-0.05, 0) is 38.1 Å². The Hall–Kier alpha value is -2.07. The number of rotatable bonds is 5. The maximum atomic E-state index is 12.6. The fraction of sp³-hybridized carbons (Fsp3) is 0.350. The van der Waals surface area contributed by atoms with Crippen LogP contribution in [0.15, 0.2) is 46.5 Å². The highest BCUT2D eigenvalue weighted by Gasteiger charge is 2.23. The molecule has 0 spiro atoms. The zero-order valence-electron chi connectivity index (χ0n) is 16.2. The molecule has 4 rings (SSSR count). The minimum absolute atomic E-state index is 0.220. The Morgan fingerprint density at radius 3 is 2.72 bits per heavy atom. The van der Waals surface area contributed by atoms with Gasteiger partial charge in [0.1, 0.15) is 0 Å². The number of anilines is 1. The fourth-order valence-corrected chi connectivity index (χ4v) is 4.38. The summed E-state index contributed by atoms with van der Waals surface area (Å²) < 4.78 is 8.44. The Bertz CT molecular complexity index is 977. The van der Waals surface area contributed by atoms with E-state index in [4.69, 9.17) is 4.74 Å². The van der Waals surface area contributed by atoms with Crippen LogP contribution in [0.3, 0.4) is 0 Å². The predicted molar refractivity (Wildman–Crippen MR) is 117 cm³/mol. The summed E-state index contributed by atoms with van der Waals surface area (Å²) in [4.78, 5) is 19.5. The molecule has 0 bridgehead atoms. The van der Waals surface area contributed by atoms with Crippen molar-refractivity contribution in [2.75, 3.05) is 18.4 Å². The lowest BCUT2D eigenvalue weighted by atomic mass is 10.2. The van der Waals surface area contributed by atoms with Crippen molar-refractivity contribution in [1.29, 1.82) is 0 Å². The molecule has 9 heteroatoms. The molecule has 2 aromatic heterocycles. The van der Waals surface area contributed by atoms with Crippen LogP contribution in [0.5, 0.6) is 0 Å². The van der Waals surface area contributed by atoms with E-state index in [-0.39, 0.29) is 18.1 Å². The molecule has 0 aliphatic carbocycles. The van der Waals surface area contributed by atoms with Crippen LogP contribution in [-0.4, -0.2) is 50.9 Å². The number of morpholine rings is 1. The van der Waals surface area contributed by atoms with Crippen molar-refractivity contribution in [3.63, 3.8) is 0 Å². The van der Waals surface area contributed by atoms with Gasteiger partial charge in [0.2, 0.25) is 0 Å². The lowest BCUT2D eigenvalue weighted by Gasteiger charge is -2.34. The molecule has 1 saturated heterocycles. The average Bonchev–Trinajstić information content (AvgIpc) is 3.31. The topological polar surface area (TPSA) is 72.3 Å². The number of hydrogen-bond donors (Lipinski definition) is 1. The predicted octanol–water partition coefficient (Wildman–Crippen LogP) is 3.95. The molecule has 1 aromatic carbocycles. The first-order valence-corrected chi connectivity index (χ1v) is 11.1. The van der Waals surface area contributed by atoms with Gasteiger partial charge in [-0.3, -0.25) is 15.0 Å². The van der Waals surface area contributed by atoms with E-state index in [2.05, 4.69) is 50.1 Å². The van der Waals surface area contributed by atoms with Crippen molar-refractivity contribution < 1.29 is 9.53 Å². The number of benzene rings is 1. The second-order valence-electron chi connectivity index (χ2n) is 7.20. The van der Waals surface area contributed by atoms with Crippen LogP contribution in [0.2, 0.25) is 0 Å². The maximum absolute atomic E-state index is 12.6. The van der Waals surface area contributed by atoms with Crippen LogP contribution in [0.1, 0.15) is 29.9 Å². The molecule has 1 aliphatic heterocycles. The van der Waals surface area contributed by atoms with Crippen molar-refractivity contribution in [3.8, 4) is 5.69 Å². The van der Waals surface area contributed by atoms with Crippen molar-refractivity contribution >= 4 is 38.3 Å². The molecule has 7 nitrogen and oxygen atoms in total. The summed E-state index contributed by atoms with van der Waals surface area (Å²) in [6.45, 7) is 6.71. The van der Waals surface area contributed by atoms with E-state index >= 15 is 0 Å². The quantitative estimate of drug-likeness (QED) is 0.604. The number of hydrogen-bond acceptors (Lipinski definition) is 6. The van der Waals surface area contributed by atoms with Crippen LogP contribution in [0, 0.1) is 0 Å². The number of halogens is 1. The van der Waals surface area contributed by atoms with Gasteiger partial charge in [-0.15, -0.1) is 11.3 Å². The van der Waals surface area contributed by atoms with Gasteiger partial charge in [-0.2, -0.15) is 5.10 Å². The Morgan fingerprint density at radius 2 is 2.00 bits per heavy atom. The first kappa shape index (κ1) is 20.2. The number of thiazole rings is 1. The lowest BCUT2D eigenvalue weighted by molar-refractivity contribution is -0.0707. The Morgan fingerprint density at radius 1 is 1.28 bits per heavy atom. The average molecular weight is 476 g/mol. The lowest BCUT2D eigenvalue weighted by Crippen LogP contribution is -2.44. The zero-order valence-corrected chi connectivity index (χ0v) is 18.6. The third kappa shape index (κ3) is 5.11. The van der Waals surface area contributed by atoms with Crippen LogP contribution in [-0.2, 0) is 11.3 Å². The number of carbonyl (C=O) groups is 1. The number of ether oxygens (including phenoxy) is 1. The smallest absolute Gasteiger partial charge is 0.260 e. The Labute approximate surface area is 181 Å². The van der Waals surface area contributed by atoms with Crippen molar-refractivity contribution in [2.24, 2.45) is 0 Å². The molecular formula is C20H22BrN5O2S. The third-order valence-corrected chi connectivity index (χ3v) is 5.92. The van der Waals surface area contributed by atoms with E-state index in [9.17, 15) is 4.79 Å². The molecule has 0 radical (unpaired) electrons. The van der Waals surface area contributed by atoms with Crippen molar-refractivity contribution in [3.05, 3.63) is 57.8 Å². The highest BCUT2D eigenvalue weighted by atomic mass is 79.9. The molecule has 29 heavy (non-hydrogen) atoms. The molecule has 3 aromatic rings. The molecule has 3 heterocycles. The van der Waals surface area contributed by atoms with E-state index in [1.165, 1.54) is 11.3 Å². The van der Waals surface area contributed by atoms with E-state index in [1.807, 2.05) is 29.6 Å². The van der Waals surface area contributed by atoms with Gasteiger partial charge in [-0.1, -0.05) is 15.9 Å². The molecule has 1 fully saturated rings. The SMILES string of the molecule is CC1CN(Cc2csc(NC(=O)c3cnn(-c4ccc(Br)cc4)c3)n2)CC(C)O1. The summed E-state index contributed by atoms with van der Waals surface area (Å²) in [7, 11) is 0. The van der Waals surface area contributed by atoms with E-state index in [0.29, 0.717) is 10.7 Å². The monoisotopic (exact) mass is 475 g/mol. The second-order valence-corrected chi connectivity index (χ2v) is 8.97. The summed E-state index contributed by atoms with van der Waals surface area (Å²) in [6, 6.07) is 7.73. The van der Waals surface area contributed by atoms with Gasteiger partial charge in [0.25, 0.3) is 5.91 Å². The number of amides is 1.